The van der Waals surface area contributed by atoms with Crippen molar-refractivity contribution in [2.24, 2.45) is 22.5 Å². The van der Waals surface area contributed by atoms with Crippen LogP contribution in [0.5, 0.6) is 11.5 Å². The maximum absolute atomic E-state index is 12.4. The molecule has 0 aliphatic carbocycles. The third kappa shape index (κ3) is 12.7. The van der Waals surface area contributed by atoms with Gasteiger partial charge >= 0.3 is 24.4 Å². The molecule has 1 aromatic rings. The molecule has 0 bridgehead atoms. The van der Waals surface area contributed by atoms with E-state index < -0.39 is 42.3 Å². The van der Waals surface area contributed by atoms with E-state index in [0.717, 1.165) is 0 Å². The summed E-state index contributed by atoms with van der Waals surface area (Å²) in [7, 11) is 0. The Balaban J connectivity index is 3.35. The van der Waals surface area contributed by atoms with Crippen molar-refractivity contribution in [2.75, 3.05) is 26.4 Å². The van der Waals surface area contributed by atoms with E-state index in [9.17, 15) is 24.3 Å². The SMILES string of the molecule is CCOC(=O)OCC(C)C(c1ccc(OC(=O)OCC(C)(C)C)c(OC(=O)OCC(C)(C)C)c1)[C@H](N)C(=O)O. The third-order valence-corrected chi connectivity index (χ3v) is 5.00. The quantitative estimate of drug-likeness (QED) is 0.210. The zero-order valence-electron chi connectivity index (χ0n) is 23.9. The van der Waals surface area contributed by atoms with Crippen LogP contribution in [0.2, 0.25) is 0 Å². The van der Waals surface area contributed by atoms with Crippen LogP contribution in [0, 0.1) is 16.7 Å². The van der Waals surface area contributed by atoms with Gasteiger partial charge in [0.15, 0.2) is 11.5 Å². The Labute approximate surface area is 229 Å². The maximum Gasteiger partial charge on any atom is 0.513 e. The first kappa shape index (κ1) is 33.5. The van der Waals surface area contributed by atoms with Gasteiger partial charge < -0.3 is 39.3 Å². The fraction of sp³-hybridized carbons (Fsp3) is 0.630. The van der Waals surface area contributed by atoms with Crippen molar-refractivity contribution in [3.05, 3.63) is 23.8 Å². The predicted octanol–water partition coefficient (Wildman–Crippen LogP) is 5.11. The predicted molar refractivity (Wildman–Crippen MR) is 140 cm³/mol. The van der Waals surface area contributed by atoms with Gasteiger partial charge in [-0.25, -0.2) is 14.4 Å². The number of aliphatic carboxylic acids is 1. The molecule has 2 unspecified atom stereocenters. The maximum atomic E-state index is 12.4. The first-order valence-corrected chi connectivity index (χ1v) is 12.5. The lowest BCUT2D eigenvalue weighted by atomic mass is 9.82. The largest absolute Gasteiger partial charge is 0.513 e. The number of carbonyl (C=O) groups is 4. The number of carbonyl (C=O) groups excluding carboxylic acids is 3. The molecule has 0 amide bonds. The number of hydrogen-bond acceptors (Lipinski definition) is 11. The highest BCUT2D eigenvalue weighted by Crippen LogP contribution is 2.36. The van der Waals surface area contributed by atoms with E-state index in [1.165, 1.54) is 18.2 Å². The summed E-state index contributed by atoms with van der Waals surface area (Å²) in [4.78, 5) is 48.2. The molecule has 220 valence electrons. The number of benzene rings is 1. The average molecular weight is 556 g/mol. The number of hydrogen-bond donors (Lipinski definition) is 2. The molecule has 0 heterocycles. The van der Waals surface area contributed by atoms with Crippen LogP contribution in [0.3, 0.4) is 0 Å². The van der Waals surface area contributed by atoms with Crippen molar-refractivity contribution in [3.8, 4) is 11.5 Å². The first-order valence-electron chi connectivity index (χ1n) is 12.5. The number of carboxylic acid groups (broad SMARTS) is 1. The summed E-state index contributed by atoms with van der Waals surface area (Å²) in [6, 6.07) is 2.68. The standard InChI is InChI=1S/C27H41NO11/c1-9-34-23(31)35-13-16(2)20(21(28)22(29)30)17-10-11-18(38-24(32)36-14-26(3,4)5)19(12-17)39-25(33)37-15-27(6,7)8/h10-12,16,20-21H,9,13-15,28H2,1-8H3,(H,29,30)/t16?,20?,21-/m0/s1. The van der Waals surface area contributed by atoms with Crippen molar-refractivity contribution in [1.82, 2.24) is 0 Å². The molecular weight excluding hydrogens is 514 g/mol. The smallest absolute Gasteiger partial charge is 0.480 e. The number of carboxylic acids is 1. The monoisotopic (exact) mass is 555 g/mol. The van der Waals surface area contributed by atoms with Crippen LogP contribution in [-0.2, 0) is 23.7 Å². The molecule has 12 heteroatoms. The van der Waals surface area contributed by atoms with Gasteiger partial charge in [0.1, 0.15) is 6.04 Å². The summed E-state index contributed by atoms with van der Waals surface area (Å²) in [5.74, 6) is -3.21. The highest BCUT2D eigenvalue weighted by molar-refractivity contribution is 5.75. The van der Waals surface area contributed by atoms with Crippen molar-refractivity contribution >= 4 is 24.4 Å². The summed E-state index contributed by atoms with van der Waals surface area (Å²) < 4.78 is 30.7. The van der Waals surface area contributed by atoms with Gasteiger partial charge in [-0.3, -0.25) is 4.79 Å². The Bertz CT molecular complexity index is 994. The molecule has 0 radical (unpaired) electrons. The molecule has 0 saturated heterocycles. The fourth-order valence-electron chi connectivity index (χ4n) is 3.19. The molecule has 1 rings (SSSR count). The lowest BCUT2D eigenvalue weighted by Crippen LogP contribution is -2.40. The van der Waals surface area contributed by atoms with E-state index in [0.29, 0.717) is 5.56 Å². The second kappa shape index (κ2) is 14.6. The van der Waals surface area contributed by atoms with Gasteiger partial charge in [0.25, 0.3) is 0 Å². The molecule has 0 aliphatic rings. The van der Waals surface area contributed by atoms with Crippen molar-refractivity contribution in [2.45, 2.75) is 67.3 Å². The molecule has 3 N–H and O–H groups in total. The van der Waals surface area contributed by atoms with Gasteiger partial charge in [-0.2, -0.15) is 0 Å². The second-order valence-electron chi connectivity index (χ2n) is 11.5. The Morgan fingerprint density at radius 2 is 1.33 bits per heavy atom. The Hall–Kier alpha value is -3.54. The van der Waals surface area contributed by atoms with E-state index in [1.54, 1.807) is 13.8 Å². The van der Waals surface area contributed by atoms with Gasteiger partial charge in [-0.05, 0) is 41.4 Å². The minimum absolute atomic E-state index is 0.0457. The zero-order chi connectivity index (χ0) is 30.0. The van der Waals surface area contributed by atoms with E-state index in [1.807, 2.05) is 41.5 Å². The number of ether oxygens (including phenoxy) is 6. The summed E-state index contributed by atoms with van der Waals surface area (Å²) in [5.41, 5.74) is 5.65. The van der Waals surface area contributed by atoms with Crippen molar-refractivity contribution < 1.29 is 52.7 Å². The molecule has 0 aromatic heterocycles. The van der Waals surface area contributed by atoms with Crippen LogP contribution in [-0.4, -0.2) is 62.0 Å². The van der Waals surface area contributed by atoms with Crippen LogP contribution in [0.1, 0.15) is 66.9 Å². The summed E-state index contributed by atoms with van der Waals surface area (Å²) in [5, 5.41) is 9.63. The number of rotatable bonds is 11. The molecule has 3 atom stereocenters. The van der Waals surface area contributed by atoms with Crippen molar-refractivity contribution in [1.29, 1.82) is 0 Å². The summed E-state index contributed by atoms with van der Waals surface area (Å²) in [6.07, 6.45) is -3.00. The molecule has 0 aliphatic heterocycles. The molecular formula is C27H41NO11. The van der Waals surface area contributed by atoms with Gasteiger partial charge in [0.2, 0.25) is 0 Å². The minimum Gasteiger partial charge on any atom is -0.480 e. The van der Waals surface area contributed by atoms with E-state index in [2.05, 4.69) is 0 Å². The van der Waals surface area contributed by atoms with E-state index in [4.69, 9.17) is 34.2 Å². The normalized spacial score (nSPS) is 13.9. The number of nitrogens with two attached hydrogens (primary N) is 1. The molecule has 0 saturated carbocycles. The van der Waals surface area contributed by atoms with E-state index >= 15 is 0 Å². The Morgan fingerprint density at radius 3 is 1.79 bits per heavy atom. The average Bonchev–Trinajstić information content (AvgIpc) is 2.81. The van der Waals surface area contributed by atoms with Crippen LogP contribution in [0.4, 0.5) is 14.4 Å². The lowest BCUT2D eigenvalue weighted by Gasteiger charge is -2.28. The molecule has 0 spiro atoms. The highest BCUT2D eigenvalue weighted by Gasteiger charge is 2.33. The molecule has 0 fully saturated rings. The van der Waals surface area contributed by atoms with Gasteiger partial charge in [-0.1, -0.05) is 54.5 Å². The third-order valence-electron chi connectivity index (χ3n) is 5.00. The highest BCUT2D eigenvalue weighted by atomic mass is 16.7. The Morgan fingerprint density at radius 1 is 0.821 bits per heavy atom. The van der Waals surface area contributed by atoms with Crippen LogP contribution in [0.25, 0.3) is 0 Å². The van der Waals surface area contributed by atoms with Crippen LogP contribution < -0.4 is 15.2 Å². The van der Waals surface area contributed by atoms with E-state index in [-0.39, 0.29) is 48.8 Å². The first-order chi connectivity index (χ1) is 17.9. The molecule has 39 heavy (non-hydrogen) atoms. The summed E-state index contributed by atoms with van der Waals surface area (Å²) in [6.45, 7) is 14.5. The molecule has 12 nitrogen and oxygen atoms in total. The second-order valence-corrected chi connectivity index (χ2v) is 11.5. The summed E-state index contributed by atoms with van der Waals surface area (Å²) >= 11 is 0. The minimum atomic E-state index is -1.42. The van der Waals surface area contributed by atoms with Gasteiger partial charge in [0, 0.05) is 5.92 Å². The van der Waals surface area contributed by atoms with Crippen LogP contribution in [0.15, 0.2) is 18.2 Å². The zero-order valence-corrected chi connectivity index (χ0v) is 23.9. The van der Waals surface area contributed by atoms with Crippen molar-refractivity contribution in [3.63, 3.8) is 0 Å². The fourth-order valence-corrected chi connectivity index (χ4v) is 3.19. The lowest BCUT2D eigenvalue weighted by molar-refractivity contribution is -0.139. The van der Waals surface area contributed by atoms with Gasteiger partial charge in [-0.15, -0.1) is 0 Å². The van der Waals surface area contributed by atoms with Gasteiger partial charge in [0.05, 0.1) is 26.4 Å². The van der Waals surface area contributed by atoms with Crippen LogP contribution >= 0.6 is 0 Å². The molecule has 1 aromatic carbocycles. The Kier molecular flexibility index (Phi) is 12.5. The topological polar surface area (TPSA) is 170 Å².